The van der Waals surface area contributed by atoms with Crippen LogP contribution in [0.25, 0.3) is 0 Å². The fourth-order valence-electron chi connectivity index (χ4n) is 5.21. The van der Waals surface area contributed by atoms with Crippen molar-refractivity contribution in [3.05, 3.63) is 66.2 Å². The van der Waals surface area contributed by atoms with Gasteiger partial charge in [0.15, 0.2) is 0 Å². The minimum atomic E-state index is -0.721. The van der Waals surface area contributed by atoms with E-state index in [4.69, 9.17) is 4.74 Å². The second kappa shape index (κ2) is 12.6. The van der Waals surface area contributed by atoms with Gasteiger partial charge in [0.25, 0.3) is 0 Å². The van der Waals surface area contributed by atoms with E-state index < -0.39 is 12.2 Å². The molecule has 2 aromatic carbocycles. The van der Waals surface area contributed by atoms with Gasteiger partial charge in [-0.15, -0.1) is 11.8 Å². The van der Waals surface area contributed by atoms with Gasteiger partial charge in [0.05, 0.1) is 5.56 Å². The second-order valence-electron chi connectivity index (χ2n) is 9.34. The minimum absolute atomic E-state index is 0. The number of rotatable bonds is 8. The van der Waals surface area contributed by atoms with E-state index in [1.807, 2.05) is 48.5 Å². The number of benzene rings is 2. The average molecular weight is 471 g/mol. The molecule has 1 aliphatic heterocycles. The topological polar surface area (TPSA) is 84.8 Å². The van der Waals surface area contributed by atoms with Crippen LogP contribution >= 0.6 is 11.8 Å². The number of likely N-dealkylation sites (tertiary alicyclic amines) is 1. The highest BCUT2D eigenvalue weighted by Gasteiger charge is 2.37. The molecule has 1 saturated heterocycles. The first-order valence-electron chi connectivity index (χ1n) is 12.0. The van der Waals surface area contributed by atoms with Crippen LogP contribution in [0.1, 0.15) is 49.4 Å². The van der Waals surface area contributed by atoms with Crippen LogP contribution in [-0.4, -0.2) is 53.1 Å². The quantitative estimate of drug-likeness (QED) is 0.395. The molecule has 0 spiro atoms. The summed E-state index contributed by atoms with van der Waals surface area (Å²) in [5.41, 5.74) is 0.519. The number of piperidine rings is 1. The third kappa shape index (κ3) is 7.06. The molecule has 0 aromatic heterocycles. The Morgan fingerprint density at radius 1 is 1.06 bits per heavy atom. The second-order valence-corrected chi connectivity index (χ2v) is 10.4. The van der Waals surface area contributed by atoms with Gasteiger partial charge >= 0.3 is 5.97 Å². The van der Waals surface area contributed by atoms with E-state index in [0.717, 1.165) is 23.3 Å². The van der Waals surface area contributed by atoms with Crippen molar-refractivity contribution in [3.63, 3.8) is 0 Å². The molecule has 0 bridgehead atoms. The molecular formula is C27H38N2O3S. The molecule has 6 heteroatoms. The zero-order chi connectivity index (χ0) is 22.3. The van der Waals surface area contributed by atoms with Gasteiger partial charge in [-0.2, -0.15) is 0 Å². The van der Waals surface area contributed by atoms with Gasteiger partial charge < -0.3 is 16.0 Å². The summed E-state index contributed by atoms with van der Waals surface area (Å²) in [7, 11) is 0. The molecule has 1 saturated carbocycles. The molecule has 0 radical (unpaired) electrons. The average Bonchev–Trinajstić information content (AvgIpc) is 2.83. The molecule has 1 heterocycles. The minimum Gasteiger partial charge on any atom is -0.455 e. The van der Waals surface area contributed by atoms with Gasteiger partial charge in [-0.25, -0.2) is 4.79 Å². The summed E-state index contributed by atoms with van der Waals surface area (Å²) in [5.74, 6) is 1.74. The Morgan fingerprint density at radius 3 is 2.39 bits per heavy atom. The summed E-state index contributed by atoms with van der Waals surface area (Å²) >= 11 is 1.62. The molecular weight excluding hydrogens is 432 g/mol. The smallest absolute Gasteiger partial charge is 0.338 e. The Kier molecular flexibility index (Phi) is 9.80. The van der Waals surface area contributed by atoms with Gasteiger partial charge in [-0.3, -0.25) is 4.90 Å². The number of aliphatic hydroxyl groups is 1. The maximum Gasteiger partial charge on any atom is 0.338 e. The van der Waals surface area contributed by atoms with Crippen molar-refractivity contribution >= 4 is 17.7 Å². The summed E-state index contributed by atoms with van der Waals surface area (Å²) in [5, 5.41) is 11.2. The highest BCUT2D eigenvalue weighted by Crippen LogP contribution is 2.38. The van der Waals surface area contributed by atoms with Crippen molar-refractivity contribution in [3.8, 4) is 0 Å². The Hall–Kier alpha value is -1.86. The summed E-state index contributed by atoms with van der Waals surface area (Å²) in [6.07, 6.45) is 5.29. The van der Waals surface area contributed by atoms with Crippen LogP contribution in [0.5, 0.6) is 0 Å². The third-order valence-corrected chi connectivity index (χ3v) is 8.18. The zero-order valence-electron chi connectivity index (χ0n) is 19.6. The van der Waals surface area contributed by atoms with E-state index >= 15 is 0 Å². The lowest BCUT2D eigenvalue weighted by atomic mass is 9.73. The normalized spacial score (nSPS) is 24.7. The highest BCUT2D eigenvalue weighted by atomic mass is 32.2. The van der Waals surface area contributed by atoms with Crippen LogP contribution in [0, 0.1) is 11.8 Å². The van der Waals surface area contributed by atoms with Crippen molar-refractivity contribution in [1.29, 1.82) is 0 Å². The Morgan fingerprint density at radius 2 is 1.70 bits per heavy atom. The molecule has 0 amide bonds. The number of nitrogens with zero attached hydrogens (tertiary/aromatic N) is 1. The lowest BCUT2D eigenvalue weighted by Gasteiger charge is -2.46. The highest BCUT2D eigenvalue weighted by molar-refractivity contribution is 7.99. The van der Waals surface area contributed by atoms with E-state index in [0.29, 0.717) is 23.9 Å². The number of carbonyl (C=O) groups is 1. The first kappa shape index (κ1) is 25.8. The van der Waals surface area contributed by atoms with Crippen LogP contribution in [0.2, 0.25) is 0 Å². The standard InChI is InChI=1S/C27H35NO3S.H3N/c1-20-16-22-12-8-9-13-23(22)17-28(20)18-25(29)26(19-32-24-14-6-3-7-15-24)31-27(30)21-10-4-2-5-11-21;/h2-7,10-11,14-15,20,22-23,25-26,29H,8-9,12-13,16-19H2,1H3;1H3/t20-,22?,23?,25?,26?;/m1./s1. The monoisotopic (exact) mass is 470 g/mol. The number of hydrogen-bond donors (Lipinski definition) is 2. The predicted molar refractivity (Wildman–Crippen MR) is 135 cm³/mol. The molecule has 4 unspecified atom stereocenters. The number of carbonyl (C=O) groups excluding carboxylic acids is 1. The van der Waals surface area contributed by atoms with Crippen LogP contribution < -0.4 is 6.15 Å². The number of fused-ring (bicyclic) bond motifs is 1. The molecule has 2 aromatic rings. The third-order valence-electron chi connectivity index (χ3n) is 7.08. The molecule has 5 nitrogen and oxygen atoms in total. The Balaban J connectivity index is 0.00000306. The van der Waals surface area contributed by atoms with Gasteiger partial charge in [0, 0.05) is 29.8 Å². The number of esters is 1. The number of hydrogen-bond acceptors (Lipinski definition) is 6. The van der Waals surface area contributed by atoms with Crippen LogP contribution in [0.3, 0.4) is 0 Å². The molecule has 5 atom stereocenters. The van der Waals surface area contributed by atoms with Gasteiger partial charge in [0.2, 0.25) is 0 Å². The SMILES string of the molecule is C[C@@H]1CC2CCCCC2CN1CC(O)C(CSc1ccccc1)OC(=O)c1ccccc1.N. The fourth-order valence-corrected chi connectivity index (χ4v) is 6.21. The van der Waals surface area contributed by atoms with Gasteiger partial charge in [-0.1, -0.05) is 55.7 Å². The predicted octanol–water partition coefficient (Wildman–Crippen LogP) is 5.43. The van der Waals surface area contributed by atoms with E-state index in [-0.39, 0.29) is 12.1 Å². The molecule has 4 N–H and O–H groups in total. The Labute approximate surface area is 202 Å². The Bertz CT molecular complexity index is 851. The number of β-amino-alcohol motifs (C(OH)–C–C–N with tert-alkyl or cyclic N) is 1. The van der Waals surface area contributed by atoms with Crippen molar-refractivity contribution in [2.45, 2.75) is 62.2 Å². The van der Waals surface area contributed by atoms with Crippen molar-refractivity contribution in [2.24, 2.45) is 11.8 Å². The number of aliphatic hydroxyl groups excluding tert-OH is 1. The van der Waals surface area contributed by atoms with Crippen molar-refractivity contribution < 1.29 is 14.6 Å². The zero-order valence-corrected chi connectivity index (χ0v) is 20.5. The fraction of sp³-hybridized carbons (Fsp3) is 0.519. The summed E-state index contributed by atoms with van der Waals surface area (Å²) in [6.45, 7) is 3.88. The summed E-state index contributed by atoms with van der Waals surface area (Å²) in [6, 6.07) is 19.6. The molecule has 33 heavy (non-hydrogen) atoms. The lowest BCUT2D eigenvalue weighted by Crippen LogP contribution is -2.52. The summed E-state index contributed by atoms with van der Waals surface area (Å²) < 4.78 is 5.87. The molecule has 180 valence electrons. The van der Waals surface area contributed by atoms with Gasteiger partial charge in [-0.05, 0) is 55.9 Å². The largest absolute Gasteiger partial charge is 0.455 e. The lowest BCUT2D eigenvalue weighted by molar-refractivity contribution is -0.0399. The van der Waals surface area contributed by atoms with E-state index in [9.17, 15) is 9.90 Å². The molecule has 1 aliphatic carbocycles. The number of thioether (sulfide) groups is 1. The van der Waals surface area contributed by atoms with E-state index in [2.05, 4.69) is 11.8 Å². The van der Waals surface area contributed by atoms with Crippen molar-refractivity contribution in [2.75, 3.05) is 18.8 Å². The maximum atomic E-state index is 12.8. The van der Waals surface area contributed by atoms with Gasteiger partial charge in [0.1, 0.15) is 12.2 Å². The maximum absolute atomic E-state index is 12.8. The van der Waals surface area contributed by atoms with Crippen LogP contribution in [0.15, 0.2) is 65.6 Å². The number of ether oxygens (including phenoxy) is 1. The first-order chi connectivity index (χ1) is 15.6. The van der Waals surface area contributed by atoms with Crippen molar-refractivity contribution in [1.82, 2.24) is 11.1 Å². The first-order valence-corrected chi connectivity index (χ1v) is 12.9. The van der Waals surface area contributed by atoms with E-state index in [1.165, 1.54) is 32.1 Å². The van der Waals surface area contributed by atoms with Crippen LogP contribution in [0.4, 0.5) is 0 Å². The molecule has 4 rings (SSSR count). The van der Waals surface area contributed by atoms with E-state index in [1.54, 1.807) is 23.9 Å². The van der Waals surface area contributed by atoms with Crippen LogP contribution in [-0.2, 0) is 4.74 Å². The molecule has 2 fully saturated rings. The molecule has 2 aliphatic rings. The summed E-state index contributed by atoms with van der Waals surface area (Å²) in [4.78, 5) is 16.3.